The Bertz CT molecular complexity index is 63.9. The van der Waals surface area contributed by atoms with E-state index in [4.69, 9.17) is 0 Å². The van der Waals surface area contributed by atoms with Gasteiger partial charge >= 0.3 is 0 Å². The Kier molecular flexibility index (Phi) is 5.89. The molecule has 0 spiro atoms. The highest BCUT2D eigenvalue weighted by molar-refractivity contribution is 14.1. The van der Waals surface area contributed by atoms with Crippen LogP contribution in [0.25, 0.3) is 0 Å². The largest absolute Gasteiger partial charge is 0.393 e. The third-order valence-electron chi connectivity index (χ3n) is 1.40. The van der Waals surface area contributed by atoms with E-state index in [0.29, 0.717) is 5.92 Å². The second-order valence-corrected chi connectivity index (χ2v) is 3.72. The van der Waals surface area contributed by atoms with E-state index in [2.05, 4.69) is 36.4 Å². The van der Waals surface area contributed by atoms with Gasteiger partial charge < -0.3 is 5.11 Å². The lowest BCUT2D eigenvalue weighted by Crippen LogP contribution is -2.14. The first-order valence-corrected chi connectivity index (χ1v) is 4.95. The van der Waals surface area contributed by atoms with Crippen LogP contribution in [-0.2, 0) is 0 Å². The number of alkyl halides is 1. The van der Waals surface area contributed by atoms with Crippen molar-refractivity contribution in [3.8, 4) is 0 Å². The second-order valence-electron chi connectivity index (χ2n) is 2.64. The highest BCUT2D eigenvalue weighted by Crippen LogP contribution is 2.08. The van der Waals surface area contributed by atoms with Crippen molar-refractivity contribution in [3.05, 3.63) is 0 Å². The molecule has 0 aliphatic heterocycles. The zero-order valence-electron chi connectivity index (χ0n) is 6.10. The Morgan fingerprint density at radius 3 is 2.33 bits per heavy atom. The van der Waals surface area contributed by atoms with Gasteiger partial charge in [-0.15, -0.1) is 0 Å². The normalized spacial score (nSPS) is 14.3. The molecular formula is C7H15IO. The number of halogens is 1. The van der Waals surface area contributed by atoms with Crippen LogP contribution in [0.4, 0.5) is 0 Å². The Morgan fingerprint density at radius 2 is 2.00 bits per heavy atom. The van der Waals surface area contributed by atoms with Crippen molar-refractivity contribution in [2.75, 3.05) is 4.43 Å². The molecule has 0 aromatic heterocycles. The topological polar surface area (TPSA) is 20.2 Å². The average Bonchev–Trinajstić information content (AvgIpc) is 1.82. The number of aliphatic hydroxyl groups is 1. The van der Waals surface area contributed by atoms with E-state index in [1.54, 1.807) is 0 Å². The van der Waals surface area contributed by atoms with Crippen LogP contribution in [0.1, 0.15) is 26.7 Å². The maximum absolute atomic E-state index is 9.25. The molecule has 1 nitrogen and oxygen atoms in total. The Hall–Kier alpha value is 0.690. The van der Waals surface area contributed by atoms with Crippen LogP contribution in [0.2, 0.25) is 0 Å². The number of hydrogen-bond donors (Lipinski definition) is 1. The minimum Gasteiger partial charge on any atom is -0.393 e. The van der Waals surface area contributed by atoms with Gasteiger partial charge in [0.05, 0.1) is 6.10 Å². The molecule has 56 valence electrons. The van der Waals surface area contributed by atoms with Crippen molar-refractivity contribution in [1.29, 1.82) is 0 Å². The van der Waals surface area contributed by atoms with Gasteiger partial charge in [-0.2, -0.15) is 0 Å². The summed E-state index contributed by atoms with van der Waals surface area (Å²) >= 11 is 2.33. The van der Waals surface area contributed by atoms with Gasteiger partial charge in [0.2, 0.25) is 0 Å². The minimum absolute atomic E-state index is 0.0836. The molecule has 1 unspecified atom stereocenters. The fraction of sp³-hybridized carbons (Fsp3) is 1.00. The molecule has 0 amide bonds. The summed E-state index contributed by atoms with van der Waals surface area (Å²) in [6.07, 6.45) is 2.01. The molecule has 1 N–H and O–H groups in total. The predicted octanol–water partition coefficient (Wildman–Crippen LogP) is 2.22. The van der Waals surface area contributed by atoms with Crippen molar-refractivity contribution >= 4 is 22.6 Å². The lowest BCUT2D eigenvalue weighted by atomic mass is 10.0. The average molecular weight is 242 g/mol. The molecule has 9 heavy (non-hydrogen) atoms. The fourth-order valence-corrected chi connectivity index (χ4v) is 1.06. The molecular weight excluding hydrogens is 227 g/mol. The number of rotatable bonds is 4. The van der Waals surface area contributed by atoms with Crippen LogP contribution in [0.15, 0.2) is 0 Å². The molecule has 0 bridgehead atoms. The molecule has 0 saturated carbocycles. The second kappa shape index (κ2) is 5.47. The number of hydrogen-bond acceptors (Lipinski definition) is 1. The SMILES string of the molecule is CC(C)C(O)CCCI. The van der Waals surface area contributed by atoms with E-state index < -0.39 is 0 Å². The Labute approximate surface area is 71.0 Å². The van der Waals surface area contributed by atoms with Crippen LogP contribution >= 0.6 is 22.6 Å². The van der Waals surface area contributed by atoms with Gasteiger partial charge in [-0.1, -0.05) is 36.4 Å². The standard InChI is InChI=1S/C7H15IO/c1-6(2)7(9)4-3-5-8/h6-7,9H,3-5H2,1-2H3. The zero-order chi connectivity index (χ0) is 7.28. The molecule has 0 saturated heterocycles. The Morgan fingerprint density at radius 1 is 1.44 bits per heavy atom. The van der Waals surface area contributed by atoms with E-state index in [0.717, 1.165) is 17.3 Å². The molecule has 0 fully saturated rings. The van der Waals surface area contributed by atoms with Crippen LogP contribution in [0.5, 0.6) is 0 Å². The highest BCUT2D eigenvalue weighted by Gasteiger charge is 2.06. The van der Waals surface area contributed by atoms with Gasteiger partial charge in [-0.25, -0.2) is 0 Å². The van der Waals surface area contributed by atoms with E-state index in [1.807, 2.05) is 0 Å². The van der Waals surface area contributed by atoms with Gasteiger partial charge in [0.1, 0.15) is 0 Å². The maximum Gasteiger partial charge on any atom is 0.0563 e. The minimum atomic E-state index is -0.0836. The quantitative estimate of drug-likeness (QED) is 0.592. The lowest BCUT2D eigenvalue weighted by Gasteiger charge is -2.12. The molecule has 0 heterocycles. The Balaban J connectivity index is 3.16. The van der Waals surface area contributed by atoms with Gasteiger partial charge in [-0.05, 0) is 23.2 Å². The van der Waals surface area contributed by atoms with Gasteiger partial charge in [0, 0.05) is 0 Å². The summed E-state index contributed by atoms with van der Waals surface area (Å²) in [7, 11) is 0. The molecule has 0 rings (SSSR count). The molecule has 2 heteroatoms. The van der Waals surface area contributed by atoms with Crippen molar-refractivity contribution in [2.45, 2.75) is 32.8 Å². The molecule has 1 atom stereocenters. The van der Waals surface area contributed by atoms with Crippen LogP contribution in [-0.4, -0.2) is 15.6 Å². The molecule has 0 aromatic rings. The predicted molar refractivity (Wildman–Crippen MR) is 49.0 cm³/mol. The van der Waals surface area contributed by atoms with E-state index in [-0.39, 0.29) is 6.10 Å². The summed E-state index contributed by atoms with van der Waals surface area (Å²) in [6, 6.07) is 0. The summed E-state index contributed by atoms with van der Waals surface area (Å²) in [5.41, 5.74) is 0. The molecule has 0 aromatic carbocycles. The van der Waals surface area contributed by atoms with Gasteiger partial charge in [0.15, 0.2) is 0 Å². The first-order chi connectivity index (χ1) is 4.18. The van der Waals surface area contributed by atoms with Crippen molar-refractivity contribution < 1.29 is 5.11 Å². The monoisotopic (exact) mass is 242 g/mol. The van der Waals surface area contributed by atoms with E-state index in [1.165, 1.54) is 0 Å². The van der Waals surface area contributed by atoms with Crippen molar-refractivity contribution in [1.82, 2.24) is 0 Å². The first-order valence-electron chi connectivity index (χ1n) is 3.42. The fourth-order valence-electron chi connectivity index (χ4n) is 0.620. The number of aliphatic hydroxyl groups excluding tert-OH is 1. The summed E-state index contributed by atoms with van der Waals surface area (Å²) in [5, 5.41) is 9.25. The molecule has 0 aliphatic carbocycles. The third kappa shape index (κ3) is 5.15. The van der Waals surface area contributed by atoms with E-state index >= 15 is 0 Å². The van der Waals surface area contributed by atoms with Crippen LogP contribution < -0.4 is 0 Å². The first kappa shape index (κ1) is 9.69. The maximum atomic E-state index is 9.25. The molecule has 0 radical (unpaired) electrons. The summed E-state index contributed by atoms with van der Waals surface area (Å²) < 4.78 is 1.15. The van der Waals surface area contributed by atoms with Gasteiger partial charge in [-0.3, -0.25) is 0 Å². The van der Waals surface area contributed by atoms with Crippen LogP contribution in [0, 0.1) is 5.92 Å². The summed E-state index contributed by atoms with van der Waals surface area (Å²) in [4.78, 5) is 0. The van der Waals surface area contributed by atoms with Crippen molar-refractivity contribution in [3.63, 3.8) is 0 Å². The summed E-state index contributed by atoms with van der Waals surface area (Å²) in [6.45, 7) is 4.11. The third-order valence-corrected chi connectivity index (χ3v) is 2.17. The van der Waals surface area contributed by atoms with E-state index in [9.17, 15) is 5.11 Å². The zero-order valence-corrected chi connectivity index (χ0v) is 8.26. The highest BCUT2D eigenvalue weighted by atomic mass is 127. The lowest BCUT2D eigenvalue weighted by molar-refractivity contribution is 0.116. The molecule has 0 aliphatic rings. The van der Waals surface area contributed by atoms with Crippen molar-refractivity contribution in [2.24, 2.45) is 5.92 Å². The van der Waals surface area contributed by atoms with Gasteiger partial charge in [0.25, 0.3) is 0 Å². The summed E-state index contributed by atoms with van der Waals surface area (Å²) in [5.74, 6) is 0.424. The van der Waals surface area contributed by atoms with Crippen LogP contribution in [0.3, 0.4) is 0 Å². The smallest absolute Gasteiger partial charge is 0.0563 e.